The van der Waals surface area contributed by atoms with Gasteiger partial charge in [-0.3, -0.25) is 9.59 Å². The zero-order valence-electron chi connectivity index (χ0n) is 8.96. The summed E-state index contributed by atoms with van der Waals surface area (Å²) >= 11 is 6.18. The molecule has 1 aliphatic carbocycles. The molecule has 1 heterocycles. The number of halogens is 1. The van der Waals surface area contributed by atoms with Crippen molar-refractivity contribution < 1.29 is 14.3 Å². The Balaban J connectivity index is 2.45. The van der Waals surface area contributed by atoms with E-state index in [4.69, 9.17) is 16.3 Å². The lowest BCUT2D eigenvalue weighted by molar-refractivity contribution is -0.153. The van der Waals surface area contributed by atoms with E-state index in [2.05, 4.69) is 13.1 Å². The first-order valence-corrected chi connectivity index (χ1v) is 8.72. The molecule has 0 aromatic carbocycles. The summed E-state index contributed by atoms with van der Waals surface area (Å²) < 4.78 is 4.82. The molecule has 2 rings (SSSR count). The summed E-state index contributed by atoms with van der Waals surface area (Å²) in [7, 11) is -1.30. The van der Waals surface area contributed by atoms with Gasteiger partial charge < -0.3 is 4.74 Å². The molecule has 5 heteroatoms. The Bertz CT molecular complexity index is 318. The number of cyclic esters (lactones) is 2. The van der Waals surface area contributed by atoms with Crippen molar-refractivity contribution >= 4 is 32.3 Å². The molecule has 1 aliphatic heterocycles. The van der Waals surface area contributed by atoms with Crippen LogP contribution in [0.5, 0.6) is 0 Å². The van der Waals surface area contributed by atoms with E-state index in [1.807, 2.05) is 0 Å². The minimum absolute atomic E-state index is 0.215. The van der Waals surface area contributed by atoms with Crippen LogP contribution in [-0.2, 0) is 14.3 Å². The van der Waals surface area contributed by atoms with Crippen molar-refractivity contribution in [3.8, 4) is 0 Å². The predicted octanol–water partition coefficient (Wildman–Crippen LogP) is 1.70. The van der Waals surface area contributed by atoms with Gasteiger partial charge in [0.05, 0.1) is 19.8 Å². The van der Waals surface area contributed by atoms with E-state index < -0.39 is 13.8 Å². The van der Waals surface area contributed by atoms with Crippen molar-refractivity contribution in [1.29, 1.82) is 0 Å². The maximum absolute atomic E-state index is 11.9. The molecule has 0 aromatic rings. The number of hydrogen-bond donors (Lipinski definition) is 0. The van der Waals surface area contributed by atoms with Crippen LogP contribution in [-0.4, -0.2) is 26.1 Å². The summed E-state index contributed by atoms with van der Waals surface area (Å²) in [5.41, 5.74) is 0. The van der Waals surface area contributed by atoms with Crippen LogP contribution in [0, 0.1) is 5.92 Å². The van der Waals surface area contributed by atoms with Crippen molar-refractivity contribution in [1.82, 2.24) is 0 Å². The summed E-state index contributed by atoms with van der Waals surface area (Å²) in [4.78, 5) is 23.5. The molecule has 84 valence electrons. The van der Waals surface area contributed by atoms with Gasteiger partial charge in [-0.05, 0) is 12.8 Å². The lowest BCUT2D eigenvalue weighted by Crippen LogP contribution is -2.44. The number of carbonyl (C=O) groups excluding carboxylic acids is 2. The molecule has 15 heavy (non-hydrogen) atoms. The number of hydrogen-bond acceptors (Lipinski definition) is 3. The number of rotatable bonds is 1. The normalized spacial score (nSPS) is 40.5. The summed E-state index contributed by atoms with van der Waals surface area (Å²) in [5, 5.41) is -0.727. The Morgan fingerprint density at radius 3 is 2.67 bits per heavy atom. The van der Waals surface area contributed by atoms with Crippen LogP contribution in [0.1, 0.15) is 19.3 Å². The van der Waals surface area contributed by atoms with E-state index in [-0.39, 0.29) is 23.2 Å². The van der Waals surface area contributed by atoms with Gasteiger partial charge in [0, 0.05) is 5.38 Å². The summed E-state index contributed by atoms with van der Waals surface area (Å²) in [6.07, 6.45) is 2.53. The quantitative estimate of drug-likeness (QED) is 0.306. The van der Waals surface area contributed by atoms with Crippen molar-refractivity contribution in [2.45, 2.75) is 42.8 Å². The van der Waals surface area contributed by atoms with Crippen molar-refractivity contribution in [2.75, 3.05) is 0 Å². The Morgan fingerprint density at radius 1 is 1.47 bits per heavy atom. The average Bonchev–Trinajstić information content (AvgIpc) is 2.41. The van der Waals surface area contributed by atoms with Crippen LogP contribution < -0.4 is 0 Å². The highest BCUT2D eigenvalue weighted by molar-refractivity contribution is 6.65. The molecule has 0 aromatic heterocycles. The number of alkyl halides is 1. The molecule has 0 amide bonds. The van der Waals surface area contributed by atoms with E-state index in [0.717, 1.165) is 19.3 Å². The second-order valence-electron chi connectivity index (χ2n) is 4.79. The van der Waals surface area contributed by atoms with Gasteiger partial charge in [-0.1, -0.05) is 19.5 Å². The summed E-state index contributed by atoms with van der Waals surface area (Å²) in [6.45, 7) is 4.20. The zero-order valence-corrected chi connectivity index (χ0v) is 10.9. The van der Waals surface area contributed by atoms with E-state index in [9.17, 15) is 9.59 Å². The maximum atomic E-state index is 11.9. The van der Waals surface area contributed by atoms with Gasteiger partial charge in [0.25, 0.3) is 0 Å². The first-order valence-electron chi connectivity index (χ1n) is 5.40. The smallest absolute Gasteiger partial charge is 0.318 e. The zero-order chi connectivity index (χ0) is 11.2. The third kappa shape index (κ3) is 1.38. The van der Waals surface area contributed by atoms with Gasteiger partial charge >= 0.3 is 11.9 Å². The third-order valence-corrected chi connectivity index (χ3v) is 7.26. The van der Waals surface area contributed by atoms with E-state index in [1.165, 1.54) is 0 Å². The summed E-state index contributed by atoms with van der Waals surface area (Å²) in [6, 6.07) is 0. The first kappa shape index (κ1) is 11.1. The van der Waals surface area contributed by atoms with Gasteiger partial charge in [0.1, 0.15) is 0 Å². The maximum Gasteiger partial charge on any atom is 0.318 e. The van der Waals surface area contributed by atoms with Crippen LogP contribution in [0.4, 0.5) is 0 Å². The fourth-order valence-corrected chi connectivity index (χ4v) is 5.96. The van der Waals surface area contributed by atoms with Gasteiger partial charge in [0.2, 0.25) is 0 Å². The first-order chi connectivity index (χ1) is 7.00. The van der Waals surface area contributed by atoms with E-state index in [1.54, 1.807) is 0 Å². The molecule has 0 radical (unpaired) electrons. The monoisotopic (exact) mass is 246 g/mol. The molecule has 0 N–H and O–H groups in total. The Hall–Kier alpha value is -0.353. The Morgan fingerprint density at radius 2 is 2.13 bits per heavy atom. The topological polar surface area (TPSA) is 43.4 Å². The third-order valence-electron chi connectivity index (χ3n) is 3.84. The average molecular weight is 247 g/mol. The van der Waals surface area contributed by atoms with Crippen LogP contribution in [0.2, 0.25) is 18.1 Å². The molecule has 3 unspecified atom stereocenters. The number of fused-ring (bicyclic) bond motifs is 1. The molecule has 0 bridgehead atoms. The predicted molar refractivity (Wildman–Crippen MR) is 59.7 cm³/mol. The standard InChI is InChI=1S/C10H15ClO3Si/c1-15(2)10-5-3-4-6(11)7(10)8(12)14-9(10)13/h6-7,15H,3-5H2,1-2H3. The molecule has 2 fully saturated rings. The number of ether oxygens (including phenoxy) is 1. The number of carbonyl (C=O) groups is 2. The molecule has 2 aliphatic rings. The largest absolute Gasteiger partial charge is 0.393 e. The van der Waals surface area contributed by atoms with Crippen LogP contribution in [0.25, 0.3) is 0 Å². The van der Waals surface area contributed by atoms with E-state index >= 15 is 0 Å². The summed E-state index contributed by atoms with van der Waals surface area (Å²) in [5.74, 6) is -1.06. The van der Waals surface area contributed by atoms with E-state index in [0.29, 0.717) is 0 Å². The van der Waals surface area contributed by atoms with Crippen molar-refractivity contribution in [2.24, 2.45) is 5.92 Å². The molecule has 1 saturated carbocycles. The molecule has 3 nitrogen and oxygen atoms in total. The Kier molecular flexibility index (Phi) is 2.67. The van der Waals surface area contributed by atoms with Crippen molar-refractivity contribution in [3.05, 3.63) is 0 Å². The Labute approximate surface area is 95.7 Å². The highest BCUT2D eigenvalue weighted by atomic mass is 35.5. The molecule has 1 saturated heterocycles. The fraction of sp³-hybridized carbons (Fsp3) is 0.800. The van der Waals surface area contributed by atoms with Crippen LogP contribution >= 0.6 is 11.6 Å². The van der Waals surface area contributed by atoms with Crippen LogP contribution in [0.15, 0.2) is 0 Å². The molecular formula is C10H15ClO3Si. The van der Waals surface area contributed by atoms with Crippen LogP contribution in [0.3, 0.4) is 0 Å². The molecular weight excluding hydrogens is 232 g/mol. The highest BCUT2D eigenvalue weighted by Crippen LogP contribution is 2.56. The number of esters is 2. The van der Waals surface area contributed by atoms with Gasteiger partial charge in [-0.25, -0.2) is 0 Å². The van der Waals surface area contributed by atoms with Gasteiger partial charge in [-0.15, -0.1) is 11.6 Å². The second kappa shape index (κ2) is 3.59. The minimum Gasteiger partial charge on any atom is -0.393 e. The SMILES string of the molecule is C[SiH](C)C12CCCC(Cl)C1C(=O)OC2=O. The molecule has 3 atom stereocenters. The fourth-order valence-electron chi connectivity index (χ4n) is 2.95. The van der Waals surface area contributed by atoms with Gasteiger partial charge in [-0.2, -0.15) is 0 Å². The highest BCUT2D eigenvalue weighted by Gasteiger charge is 2.62. The lowest BCUT2D eigenvalue weighted by Gasteiger charge is -2.39. The van der Waals surface area contributed by atoms with Gasteiger partial charge in [0.15, 0.2) is 0 Å². The molecule has 0 spiro atoms. The van der Waals surface area contributed by atoms with Crippen molar-refractivity contribution in [3.63, 3.8) is 0 Å². The minimum atomic E-state index is -1.30. The second-order valence-corrected chi connectivity index (χ2v) is 8.69. The lowest BCUT2D eigenvalue weighted by atomic mass is 9.79.